The second-order valence-electron chi connectivity index (χ2n) is 3.85. The van der Waals surface area contributed by atoms with Gasteiger partial charge in [0, 0.05) is 0 Å². The van der Waals surface area contributed by atoms with Gasteiger partial charge in [-0.05, 0) is 13.8 Å². The van der Waals surface area contributed by atoms with E-state index >= 15 is 0 Å². The molecule has 0 atom stereocenters. The molecule has 0 heterocycles. The van der Waals surface area contributed by atoms with Crippen molar-refractivity contribution in [3.8, 4) is 37.0 Å². The van der Waals surface area contributed by atoms with Gasteiger partial charge in [0.05, 0.1) is 0 Å². The molecule has 0 bridgehead atoms. The molecular weight excluding hydrogens is 267 g/mol. The van der Waals surface area contributed by atoms with Crippen LogP contribution in [-0.2, 0) is 23.1 Å². The predicted molar refractivity (Wildman–Crippen MR) is 71.0 cm³/mol. The van der Waals surface area contributed by atoms with E-state index in [9.17, 15) is 9.36 Å². The van der Waals surface area contributed by atoms with Gasteiger partial charge in [0.25, 0.3) is 0 Å². The summed E-state index contributed by atoms with van der Waals surface area (Å²) in [4.78, 5) is 11.6. The van der Waals surface area contributed by atoms with Crippen LogP contribution >= 0.6 is 7.60 Å². The van der Waals surface area contributed by atoms with Gasteiger partial charge in [-0.3, -0.25) is 18.4 Å². The van der Waals surface area contributed by atoms with Crippen molar-refractivity contribution >= 4 is 13.6 Å². The Morgan fingerprint density at radius 3 is 2.00 bits per heavy atom. The van der Waals surface area contributed by atoms with Crippen LogP contribution in [0.25, 0.3) is 0 Å². The topological polar surface area (TPSA) is 61.8 Å². The summed E-state index contributed by atoms with van der Waals surface area (Å²) >= 11 is 0. The average molecular weight is 282 g/mol. The highest BCUT2D eigenvalue weighted by atomic mass is 31.2. The monoisotopic (exact) mass is 282 g/mol. The number of hydrogen-bond acceptors (Lipinski definition) is 5. The smallest absolute Gasteiger partial charge is 0.343 e. The summed E-state index contributed by atoms with van der Waals surface area (Å²) in [6.45, 7) is 2.49. The number of ether oxygens (including phenoxy) is 1. The van der Waals surface area contributed by atoms with Crippen LogP contribution in [0.15, 0.2) is 0 Å². The minimum atomic E-state index is -3.73. The Morgan fingerprint density at radius 1 is 1.16 bits per heavy atom. The van der Waals surface area contributed by atoms with Crippen molar-refractivity contribution in [2.45, 2.75) is 19.4 Å². The minimum Gasteiger partial charge on any atom is -0.446 e. The molecular formula is C13H15O5P. The summed E-state index contributed by atoms with van der Waals surface area (Å²) in [6, 6.07) is 0. The number of esters is 1. The van der Waals surface area contributed by atoms with Gasteiger partial charge in [-0.1, -0.05) is 17.8 Å². The molecule has 0 saturated heterocycles. The van der Waals surface area contributed by atoms with E-state index in [-0.39, 0.29) is 13.2 Å². The molecule has 5 nitrogen and oxygen atoms in total. The third kappa shape index (κ3) is 7.35. The molecule has 0 fully saturated rings. The lowest BCUT2D eigenvalue weighted by molar-refractivity contribution is -0.148. The zero-order chi connectivity index (χ0) is 14.9. The molecule has 0 amide bonds. The highest BCUT2D eigenvalue weighted by Gasteiger charge is 2.31. The normalized spacial score (nSPS) is 10.9. The van der Waals surface area contributed by atoms with Gasteiger partial charge in [-0.25, -0.2) is 0 Å². The number of terminal acetylenes is 3. The first kappa shape index (κ1) is 17.3. The molecule has 0 aromatic rings. The van der Waals surface area contributed by atoms with Gasteiger partial charge in [0.2, 0.25) is 0 Å². The maximum Gasteiger partial charge on any atom is 0.343 e. The van der Waals surface area contributed by atoms with Gasteiger partial charge < -0.3 is 4.74 Å². The minimum absolute atomic E-state index is 0.270. The van der Waals surface area contributed by atoms with E-state index in [1.54, 1.807) is 0 Å². The third-order valence-corrected chi connectivity index (χ3v) is 3.42. The third-order valence-electron chi connectivity index (χ3n) is 1.73. The van der Waals surface area contributed by atoms with E-state index in [4.69, 9.17) is 33.1 Å². The lowest BCUT2D eigenvalue weighted by Crippen LogP contribution is -2.28. The predicted octanol–water partition coefficient (Wildman–Crippen LogP) is 1.43. The number of carbonyl (C=O) groups excluding carboxylic acids is 1. The first-order valence-corrected chi connectivity index (χ1v) is 6.96. The summed E-state index contributed by atoms with van der Waals surface area (Å²) in [5.41, 5.74) is -1.11. The summed E-state index contributed by atoms with van der Waals surface area (Å²) in [5.74, 6) is 5.69. The first-order chi connectivity index (χ1) is 8.78. The van der Waals surface area contributed by atoms with Crippen LogP contribution in [0.2, 0.25) is 0 Å². The maximum absolute atomic E-state index is 12.1. The van der Waals surface area contributed by atoms with E-state index in [1.165, 1.54) is 13.8 Å². The van der Waals surface area contributed by atoms with Crippen molar-refractivity contribution < 1.29 is 23.1 Å². The van der Waals surface area contributed by atoms with E-state index < -0.39 is 25.3 Å². The molecule has 0 spiro atoms. The molecule has 19 heavy (non-hydrogen) atoms. The molecule has 0 N–H and O–H groups in total. The van der Waals surface area contributed by atoms with Crippen molar-refractivity contribution in [3.05, 3.63) is 0 Å². The fourth-order valence-corrected chi connectivity index (χ4v) is 2.08. The van der Waals surface area contributed by atoms with Crippen molar-refractivity contribution in [2.24, 2.45) is 0 Å². The molecule has 0 saturated carbocycles. The van der Waals surface area contributed by atoms with E-state index in [0.29, 0.717) is 0 Å². The van der Waals surface area contributed by atoms with Crippen molar-refractivity contribution in [1.29, 1.82) is 0 Å². The Bertz CT molecular complexity index is 465. The van der Waals surface area contributed by atoms with Crippen LogP contribution in [0.4, 0.5) is 0 Å². The fourth-order valence-electron chi connectivity index (χ4n) is 0.904. The van der Waals surface area contributed by atoms with Crippen LogP contribution in [-0.4, -0.2) is 30.9 Å². The Morgan fingerprint density at radius 2 is 1.63 bits per heavy atom. The summed E-state index contributed by atoms with van der Waals surface area (Å²) < 4.78 is 26.8. The molecule has 0 aromatic carbocycles. The second kappa shape index (κ2) is 7.67. The molecule has 0 aliphatic rings. The Hall–Kier alpha value is -1.70. The Labute approximate surface area is 113 Å². The van der Waals surface area contributed by atoms with Crippen molar-refractivity contribution in [2.75, 3.05) is 19.4 Å². The lowest BCUT2D eigenvalue weighted by Gasteiger charge is -2.21. The van der Waals surface area contributed by atoms with Gasteiger partial charge in [-0.15, -0.1) is 19.3 Å². The fraction of sp³-hybridized carbons (Fsp3) is 0.462. The summed E-state index contributed by atoms with van der Waals surface area (Å²) in [6.07, 6.45) is 14.5. The van der Waals surface area contributed by atoms with Crippen molar-refractivity contribution in [1.82, 2.24) is 0 Å². The number of carbonyl (C=O) groups is 1. The summed E-state index contributed by atoms with van der Waals surface area (Å²) in [7, 11) is -3.73. The van der Waals surface area contributed by atoms with Crippen LogP contribution in [0.3, 0.4) is 0 Å². The molecule has 0 aliphatic carbocycles. The molecule has 6 heteroatoms. The molecule has 0 unspecified atom stereocenters. The van der Waals surface area contributed by atoms with E-state index in [0.717, 1.165) is 0 Å². The van der Waals surface area contributed by atoms with Gasteiger partial charge >= 0.3 is 13.6 Å². The molecule has 0 radical (unpaired) electrons. The largest absolute Gasteiger partial charge is 0.446 e. The quantitative estimate of drug-likeness (QED) is 0.401. The lowest BCUT2D eigenvalue weighted by atomic mass is 10.1. The Kier molecular flexibility index (Phi) is 6.99. The highest BCUT2D eigenvalue weighted by Crippen LogP contribution is 2.47. The summed E-state index contributed by atoms with van der Waals surface area (Å²) in [5, 5.41) is 0. The van der Waals surface area contributed by atoms with Gasteiger partial charge in [-0.2, -0.15) is 0 Å². The second-order valence-corrected chi connectivity index (χ2v) is 5.91. The van der Waals surface area contributed by atoms with Gasteiger partial charge in [0.1, 0.15) is 19.4 Å². The van der Waals surface area contributed by atoms with Crippen molar-refractivity contribution in [3.63, 3.8) is 0 Å². The first-order valence-electron chi connectivity index (χ1n) is 5.23. The van der Waals surface area contributed by atoms with Crippen LogP contribution in [0.1, 0.15) is 13.8 Å². The SMILES string of the molecule is C#CCOP(=O)(CC(=O)OC(C)(C)C#C)OCC#C. The molecule has 0 rings (SSSR count). The zero-order valence-corrected chi connectivity index (χ0v) is 11.7. The maximum atomic E-state index is 12.1. The van der Waals surface area contributed by atoms with Crippen LogP contribution in [0.5, 0.6) is 0 Å². The zero-order valence-electron chi connectivity index (χ0n) is 10.8. The van der Waals surface area contributed by atoms with Gasteiger partial charge in [0.15, 0.2) is 5.60 Å². The van der Waals surface area contributed by atoms with Crippen LogP contribution < -0.4 is 0 Å². The standard InChI is InChI=1S/C13H15O5P/c1-6-9-16-19(15,17-10-7-2)11-12(14)18-13(4,5)8-3/h1-3H,9-11H2,4-5H3. The number of hydrogen-bond donors (Lipinski definition) is 0. The average Bonchev–Trinajstić information content (AvgIpc) is 2.33. The molecule has 102 valence electrons. The molecule has 0 aromatic heterocycles. The van der Waals surface area contributed by atoms with E-state index in [2.05, 4.69) is 17.8 Å². The molecule has 0 aliphatic heterocycles. The Balaban J connectivity index is 4.71. The number of rotatable bonds is 7. The highest BCUT2D eigenvalue weighted by molar-refractivity contribution is 7.54. The van der Waals surface area contributed by atoms with E-state index in [1.807, 2.05) is 0 Å². The van der Waals surface area contributed by atoms with Crippen LogP contribution in [0, 0.1) is 37.0 Å².